The van der Waals surface area contributed by atoms with Gasteiger partial charge in [-0.1, -0.05) is 18.6 Å². The van der Waals surface area contributed by atoms with E-state index in [0.717, 1.165) is 6.04 Å². The Kier molecular flexibility index (Phi) is 5.37. The van der Waals surface area contributed by atoms with Crippen LogP contribution >= 0.6 is 0 Å². The molecule has 3 heteroatoms. The number of hydrogen-bond donors (Lipinski definition) is 1. The first-order valence-corrected chi connectivity index (χ1v) is 8.94. The lowest BCUT2D eigenvalue weighted by molar-refractivity contribution is 0.142. The Morgan fingerprint density at radius 1 is 1.09 bits per heavy atom. The lowest BCUT2D eigenvalue weighted by Gasteiger charge is -2.36. The summed E-state index contributed by atoms with van der Waals surface area (Å²) in [7, 11) is 2.29. The van der Waals surface area contributed by atoms with Crippen LogP contribution in [0.5, 0.6) is 5.75 Å². The fourth-order valence-electron chi connectivity index (χ4n) is 4.11. The highest BCUT2D eigenvalue weighted by atomic mass is 16.3. The maximum absolute atomic E-state index is 9.63. The highest BCUT2D eigenvalue weighted by Crippen LogP contribution is 2.30. The summed E-state index contributed by atoms with van der Waals surface area (Å²) in [5, 5.41) is 9.63. The average molecular weight is 302 g/mol. The van der Waals surface area contributed by atoms with Crippen molar-refractivity contribution in [1.82, 2.24) is 9.80 Å². The van der Waals surface area contributed by atoms with E-state index in [9.17, 15) is 5.11 Å². The van der Waals surface area contributed by atoms with Gasteiger partial charge in [0.1, 0.15) is 5.75 Å². The van der Waals surface area contributed by atoms with Gasteiger partial charge >= 0.3 is 0 Å². The third-order valence-electron chi connectivity index (χ3n) is 5.63. The number of phenolic OH excluding ortho intramolecular Hbond substituents is 1. The zero-order chi connectivity index (χ0) is 15.4. The Morgan fingerprint density at radius 3 is 2.64 bits per heavy atom. The molecule has 2 aliphatic heterocycles. The van der Waals surface area contributed by atoms with Gasteiger partial charge in [0.15, 0.2) is 0 Å². The van der Waals surface area contributed by atoms with Gasteiger partial charge in [0.2, 0.25) is 0 Å². The van der Waals surface area contributed by atoms with Gasteiger partial charge in [-0.25, -0.2) is 0 Å². The fourth-order valence-corrected chi connectivity index (χ4v) is 4.11. The van der Waals surface area contributed by atoms with Crippen molar-refractivity contribution >= 4 is 0 Å². The largest absolute Gasteiger partial charge is 0.508 e. The summed E-state index contributed by atoms with van der Waals surface area (Å²) >= 11 is 0. The number of phenols is 1. The number of piperidine rings is 2. The summed E-state index contributed by atoms with van der Waals surface area (Å²) in [6.07, 6.45) is 7.95. The van der Waals surface area contributed by atoms with E-state index in [-0.39, 0.29) is 0 Å². The molecule has 1 unspecified atom stereocenters. The van der Waals surface area contributed by atoms with Crippen molar-refractivity contribution in [3.8, 4) is 5.75 Å². The first-order chi connectivity index (χ1) is 10.7. The Morgan fingerprint density at radius 2 is 1.91 bits per heavy atom. The molecule has 0 aromatic heterocycles. The van der Waals surface area contributed by atoms with Gasteiger partial charge in [-0.3, -0.25) is 0 Å². The van der Waals surface area contributed by atoms with Crippen LogP contribution in [0.2, 0.25) is 0 Å². The van der Waals surface area contributed by atoms with Crippen molar-refractivity contribution < 1.29 is 5.11 Å². The first-order valence-electron chi connectivity index (χ1n) is 8.94. The minimum Gasteiger partial charge on any atom is -0.508 e. The second-order valence-corrected chi connectivity index (χ2v) is 7.13. The van der Waals surface area contributed by atoms with Crippen molar-refractivity contribution in [1.29, 1.82) is 0 Å². The summed E-state index contributed by atoms with van der Waals surface area (Å²) in [6.45, 7) is 4.94. The molecule has 2 saturated heterocycles. The van der Waals surface area contributed by atoms with Crippen LogP contribution < -0.4 is 0 Å². The third kappa shape index (κ3) is 4.02. The van der Waals surface area contributed by atoms with Crippen molar-refractivity contribution in [2.75, 3.05) is 33.2 Å². The van der Waals surface area contributed by atoms with E-state index in [1.165, 1.54) is 70.3 Å². The molecule has 0 radical (unpaired) electrons. The summed E-state index contributed by atoms with van der Waals surface area (Å²) in [6, 6.07) is 8.64. The molecular formula is C19H30N2O. The summed E-state index contributed by atoms with van der Waals surface area (Å²) in [5.41, 5.74) is 1.31. The van der Waals surface area contributed by atoms with Crippen molar-refractivity contribution in [2.24, 2.45) is 0 Å². The number of nitrogens with zero attached hydrogens (tertiary/aromatic N) is 2. The van der Waals surface area contributed by atoms with Crippen LogP contribution in [-0.4, -0.2) is 54.2 Å². The van der Waals surface area contributed by atoms with Gasteiger partial charge in [0.25, 0.3) is 0 Å². The predicted molar refractivity (Wildman–Crippen MR) is 91.4 cm³/mol. The summed E-state index contributed by atoms with van der Waals surface area (Å²) in [5.74, 6) is 1.03. The molecule has 3 nitrogen and oxygen atoms in total. The fraction of sp³-hybridized carbons (Fsp3) is 0.684. The minimum atomic E-state index is 0.403. The molecule has 0 aliphatic carbocycles. The van der Waals surface area contributed by atoms with Crippen LogP contribution in [0.1, 0.15) is 50.0 Å². The molecule has 0 spiro atoms. The van der Waals surface area contributed by atoms with E-state index < -0.39 is 0 Å². The number of likely N-dealkylation sites (tertiary alicyclic amines) is 2. The first kappa shape index (κ1) is 15.8. The van der Waals surface area contributed by atoms with Gasteiger partial charge in [-0.2, -0.15) is 0 Å². The van der Waals surface area contributed by atoms with Crippen LogP contribution in [0.25, 0.3) is 0 Å². The topological polar surface area (TPSA) is 26.7 Å². The number of benzene rings is 1. The molecule has 1 aromatic carbocycles. The normalized spacial score (nSPS) is 25.4. The quantitative estimate of drug-likeness (QED) is 0.923. The highest BCUT2D eigenvalue weighted by Gasteiger charge is 2.23. The van der Waals surface area contributed by atoms with Gasteiger partial charge in [0, 0.05) is 6.04 Å². The standard InChI is InChI=1S/C19H30N2O/c1-20-11-3-2-6-18(20)10-14-21-12-8-16(9-13-21)17-5-4-7-19(22)15-17/h4-5,7,15-16,18,22H,2-3,6,8-14H2,1H3. The van der Waals surface area contributed by atoms with Gasteiger partial charge < -0.3 is 14.9 Å². The summed E-state index contributed by atoms with van der Waals surface area (Å²) in [4.78, 5) is 5.20. The molecule has 1 N–H and O–H groups in total. The van der Waals surface area contributed by atoms with Crippen LogP contribution in [-0.2, 0) is 0 Å². The molecular weight excluding hydrogens is 272 g/mol. The number of rotatable bonds is 4. The summed E-state index contributed by atoms with van der Waals surface area (Å²) < 4.78 is 0. The zero-order valence-corrected chi connectivity index (χ0v) is 13.9. The molecule has 3 rings (SSSR count). The average Bonchev–Trinajstić information content (AvgIpc) is 2.55. The molecule has 2 fully saturated rings. The minimum absolute atomic E-state index is 0.403. The Balaban J connectivity index is 1.44. The third-order valence-corrected chi connectivity index (χ3v) is 5.63. The molecule has 0 bridgehead atoms. The van der Waals surface area contributed by atoms with Crippen LogP contribution in [0.3, 0.4) is 0 Å². The van der Waals surface area contributed by atoms with Crippen molar-refractivity contribution in [3.05, 3.63) is 29.8 Å². The molecule has 1 atom stereocenters. The van der Waals surface area contributed by atoms with Crippen LogP contribution in [0, 0.1) is 0 Å². The maximum Gasteiger partial charge on any atom is 0.115 e. The van der Waals surface area contributed by atoms with Crippen LogP contribution in [0.4, 0.5) is 0 Å². The lowest BCUT2D eigenvalue weighted by Crippen LogP contribution is -2.40. The van der Waals surface area contributed by atoms with E-state index in [1.807, 2.05) is 12.1 Å². The Hall–Kier alpha value is -1.06. The molecule has 2 heterocycles. The van der Waals surface area contributed by atoms with E-state index in [2.05, 4.69) is 22.9 Å². The van der Waals surface area contributed by atoms with Crippen molar-refractivity contribution in [3.63, 3.8) is 0 Å². The predicted octanol–water partition coefficient (Wildman–Crippen LogP) is 3.45. The van der Waals surface area contributed by atoms with Crippen molar-refractivity contribution in [2.45, 2.75) is 50.5 Å². The number of aromatic hydroxyl groups is 1. The maximum atomic E-state index is 9.63. The second kappa shape index (κ2) is 7.47. The number of hydrogen-bond acceptors (Lipinski definition) is 3. The zero-order valence-electron chi connectivity index (χ0n) is 13.9. The van der Waals surface area contributed by atoms with E-state index in [0.29, 0.717) is 11.7 Å². The SMILES string of the molecule is CN1CCCCC1CCN1CCC(c2cccc(O)c2)CC1. The molecule has 1 aromatic rings. The van der Waals surface area contributed by atoms with Gasteiger partial charge in [-0.05, 0) is 88.9 Å². The lowest BCUT2D eigenvalue weighted by atomic mass is 9.89. The Labute approximate surface area is 134 Å². The molecule has 22 heavy (non-hydrogen) atoms. The smallest absolute Gasteiger partial charge is 0.115 e. The molecule has 0 amide bonds. The van der Waals surface area contributed by atoms with E-state index >= 15 is 0 Å². The molecule has 2 aliphatic rings. The van der Waals surface area contributed by atoms with Crippen LogP contribution in [0.15, 0.2) is 24.3 Å². The molecule has 0 saturated carbocycles. The second-order valence-electron chi connectivity index (χ2n) is 7.13. The monoisotopic (exact) mass is 302 g/mol. The highest BCUT2D eigenvalue weighted by molar-refractivity contribution is 5.30. The van der Waals surface area contributed by atoms with E-state index in [1.54, 1.807) is 6.07 Å². The Bertz CT molecular complexity index is 468. The van der Waals surface area contributed by atoms with Gasteiger partial charge in [0.05, 0.1) is 0 Å². The molecule has 122 valence electrons. The van der Waals surface area contributed by atoms with E-state index in [4.69, 9.17) is 0 Å². The van der Waals surface area contributed by atoms with Gasteiger partial charge in [-0.15, -0.1) is 0 Å².